The van der Waals surface area contributed by atoms with Gasteiger partial charge in [0.25, 0.3) is 0 Å². The molecule has 0 radical (unpaired) electrons. The molecule has 0 amide bonds. The van der Waals surface area contributed by atoms with Gasteiger partial charge in [-0.1, -0.05) is 5.16 Å². The second-order valence-electron chi connectivity index (χ2n) is 2.96. The highest BCUT2D eigenvalue weighted by molar-refractivity contribution is 7.98. The molecule has 82 valence electrons. The Hall–Kier alpha value is -1.82. The predicted octanol–water partition coefficient (Wildman–Crippen LogP) is 2.06. The molecular formula is C10H8N2O3S. The number of nitrogens with zero attached hydrogens (tertiary/aromatic N) is 2. The van der Waals surface area contributed by atoms with Gasteiger partial charge in [0.2, 0.25) is 0 Å². The Morgan fingerprint density at radius 1 is 1.44 bits per heavy atom. The summed E-state index contributed by atoms with van der Waals surface area (Å²) in [5, 5.41) is 12.1. The summed E-state index contributed by atoms with van der Waals surface area (Å²) in [6.07, 6.45) is 3.40. The van der Waals surface area contributed by atoms with Gasteiger partial charge in [-0.25, -0.2) is 4.79 Å². The third-order valence-electron chi connectivity index (χ3n) is 1.81. The van der Waals surface area contributed by atoms with Crippen molar-refractivity contribution >= 4 is 17.7 Å². The van der Waals surface area contributed by atoms with E-state index >= 15 is 0 Å². The maximum Gasteiger partial charge on any atom is 0.358 e. The van der Waals surface area contributed by atoms with Gasteiger partial charge < -0.3 is 9.63 Å². The van der Waals surface area contributed by atoms with Crippen molar-refractivity contribution in [3.8, 4) is 0 Å². The molecule has 0 saturated heterocycles. The number of thioether (sulfide) groups is 1. The molecule has 0 aliphatic heterocycles. The minimum absolute atomic E-state index is 0.0645. The number of carboxylic acids is 1. The summed E-state index contributed by atoms with van der Waals surface area (Å²) in [5.74, 6) is 0.00715. The molecule has 2 aromatic heterocycles. The van der Waals surface area contributed by atoms with E-state index < -0.39 is 5.97 Å². The van der Waals surface area contributed by atoms with Crippen LogP contribution in [0.2, 0.25) is 0 Å². The lowest BCUT2D eigenvalue weighted by atomic mass is 10.4. The Bertz CT molecular complexity index is 484. The van der Waals surface area contributed by atoms with Crippen molar-refractivity contribution in [2.75, 3.05) is 0 Å². The van der Waals surface area contributed by atoms with Crippen molar-refractivity contribution in [3.05, 3.63) is 42.0 Å². The smallest absolute Gasteiger partial charge is 0.358 e. The summed E-state index contributed by atoms with van der Waals surface area (Å²) in [7, 11) is 0. The molecule has 0 bridgehead atoms. The van der Waals surface area contributed by atoms with Gasteiger partial charge in [-0.2, -0.15) is 0 Å². The van der Waals surface area contributed by atoms with E-state index in [1.54, 1.807) is 12.4 Å². The van der Waals surface area contributed by atoms with Crippen LogP contribution in [-0.4, -0.2) is 21.2 Å². The lowest BCUT2D eigenvalue weighted by Crippen LogP contribution is -1.94. The molecule has 0 atom stereocenters. The normalized spacial score (nSPS) is 10.2. The second-order valence-corrected chi connectivity index (χ2v) is 4.00. The zero-order valence-corrected chi connectivity index (χ0v) is 8.98. The van der Waals surface area contributed by atoms with Crippen molar-refractivity contribution in [1.29, 1.82) is 0 Å². The Balaban J connectivity index is 1.97. The van der Waals surface area contributed by atoms with Gasteiger partial charge in [0.05, 0.1) is 5.75 Å². The topological polar surface area (TPSA) is 76.2 Å². The Morgan fingerprint density at radius 3 is 2.81 bits per heavy atom. The van der Waals surface area contributed by atoms with Gasteiger partial charge in [-0.15, -0.1) is 11.8 Å². The summed E-state index contributed by atoms with van der Waals surface area (Å²) < 4.78 is 4.88. The van der Waals surface area contributed by atoms with E-state index in [-0.39, 0.29) is 5.69 Å². The van der Waals surface area contributed by atoms with Gasteiger partial charge in [0, 0.05) is 23.4 Å². The lowest BCUT2D eigenvalue weighted by molar-refractivity contribution is 0.0685. The Morgan fingerprint density at radius 2 is 2.19 bits per heavy atom. The van der Waals surface area contributed by atoms with Gasteiger partial charge in [0.1, 0.15) is 5.76 Å². The van der Waals surface area contributed by atoms with Crippen LogP contribution in [0.5, 0.6) is 0 Å². The number of rotatable bonds is 4. The lowest BCUT2D eigenvalue weighted by Gasteiger charge is -1.96. The fourth-order valence-corrected chi connectivity index (χ4v) is 1.83. The average Bonchev–Trinajstić information content (AvgIpc) is 2.76. The number of pyridine rings is 1. The third-order valence-corrected chi connectivity index (χ3v) is 2.84. The van der Waals surface area contributed by atoms with E-state index in [1.165, 1.54) is 17.8 Å². The Labute approximate surface area is 95.5 Å². The molecule has 0 saturated carbocycles. The van der Waals surface area contributed by atoms with Gasteiger partial charge in [-0.3, -0.25) is 4.98 Å². The second kappa shape index (κ2) is 4.80. The van der Waals surface area contributed by atoms with Gasteiger partial charge in [0.15, 0.2) is 5.69 Å². The number of hydrogen-bond donors (Lipinski definition) is 1. The predicted molar refractivity (Wildman–Crippen MR) is 57.3 cm³/mol. The van der Waals surface area contributed by atoms with Crippen LogP contribution in [0.15, 0.2) is 40.0 Å². The van der Waals surface area contributed by atoms with Crippen LogP contribution in [0.3, 0.4) is 0 Å². The van der Waals surface area contributed by atoms with E-state index in [9.17, 15) is 4.79 Å². The molecule has 2 rings (SSSR count). The summed E-state index contributed by atoms with van der Waals surface area (Å²) in [6, 6.07) is 5.18. The first-order valence-electron chi connectivity index (χ1n) is 4.47. The fraction of sp³-hybridized carbons (Fsp3) is 0.100. The van der Waals surface area contributed by atoms with E-state index in [4.69, 9.17) is 9.63 Å². The summed E-state index contributed by atoms with van der Waals surface area (Å²) in [4.78, 5) is 15.5. The van der Waals surface area contributed by atoms with Gasteiger partial charge >= 0.3 is 5.97 Å². The van der Waals surface area contributed by atoms with Crippen LogP contribution >= 0.6 is 11.8 Å². The van der Waals surface area contributed by atoms with Crippen LogP contribution in [0.4, 0.5) is 0 Å². The number of hydrogen-bond acceptors (Lipinski definition) is 5. The van der Waals surface area contributed by atoms with Crippen LogP contribution in [-0.2, 0) is 5.75 Å². The first-order chi connectivity index (χ1) is 7.75. The fourth-order valence-electron chi connectivity index (χ4n) is 1.07. The average molecular weight is 236 g/mol. The van der Waals surface area contributed by atoms with E-state index in [1.807, 2.05) is 12.1 Å². The van der Waals surface area contributed by atoms with Crippen molar-refractivity contribution < 1.29 is 14.4 Å². The van der Waals surface area contributed by atoms with E-state index in [0.717, 1.165) is 4.90 Å². The van der Waals surface area contributed by atoms with Crippen LogP contribution in [0.25, 0.3) is 0 Å². The first kappa shape index (κ1) is 10.7. The maximum atomic E-state index is 10.6. The van der Waals surface area contributed by atoms with Crippen LogP contribution in [0.1, 0.15) is 16.2 Å². The highest BCUT2D eigenvalue weighted by Crippen LogP contribution is 2.21. The quantitative estimate of drug-likeness (QED) is 0.819. The molecule has 6 heteroatoms. The SMILES string of the molecule is O=C(O)c1cc(CSc2ccncc2)on1. The molecule has 16 heavy (non-hydrogen) atoms. The van der Waals surface area contributed by atoms with Gasteiger partial charge in [-0.05, 0) is 12.1 Å². The highest BCUT2D eigenvalue weighted by Gasteiger charge is 2.10. The number of carboxylic acid groups (broad SMARTS) is 1. The zero-order valence-electron chi connectivity index (χ0n) is 8.16. The minimum atomic E-state index is -1.08. The number of aromatic nitrogens is 2. The van der Waals surface area contributed by atoms with Crippen molar-refractivity contribution in [2.24, 2.45) is 0 Å². The molecule has 2 heterocycles. The van der Waals surface area contributed by atoms with E-state index in [2.05, 4.69) is 10.1 Å². The largest absolute Gasteiger partial charge is 0.476 e. The third kappa shape index (κ3) is 2.60. The summed E-state index contributed by atoms with van der Waals surface area (Å²) in [6.45, 7) is 0. The number of carbonyl (C=O) groups is 1. The molecule has 0 aliphatic carbocycles. The van der Waals surface area contributed by atoms with Crippen LogP contribution in [0, 0.1) is 0 Å². The van der Waals surface area contributed by atoms with E-state index in [0.29, 0.717) is 11.5 Å². The minimum Gasteiger partial charge on any atom is -0.476 e. The standard InChI is InChI=1S/C10H8N2O3S/c13-10(14)9-5-7(15-12-9)6-16-8-1-3-11-4-2-8/h1-5H,6H2,(H,13,14). The summed E-state index contributed by atoms with van der Waals surface area (Å²) >= 11 is 1.53. The molecular weight excluding hydrogens is 228 g/mol. The maximum absolute atomic E-state index is 10.6. The molecule has 0 unspecified atom stereocenters. The molecule has 5 nitrogen and oxygen atoms in total. The van der Waals surface area contributed by atoms with Crippen LogP contribution < -0.4 is 0 Å². The molecule has 0 aromatic carbocycles. The molecule has 0 aliphatic rings. The van der Waals surface area contributed by atoms with Crippen molar-refractivity contribution in [2.45, 2.75) is 10.6 Å². The molecule has 0 fully saturated rings. The van der Waals surface area contributed by atoms with Crippen molar-refractivity contribution in [3.63, 3.8) is 0 Å². The molecule has 0 spiro atoms. The Kier molecular flexibility index (Phi) is 3.21. The molecule has 2 aromatic rings. The summed E-state index contributed by atoms with van der Waals surface area (Å²) in [5.41, 5.74) is -0.0645. The highest BCUT2D eigenvalue weighted by atomic mass is 32.2. The monoisotopic (exact) mass is 236 g/mol. The molecule has 1 N–H and O–H groups in total. The number of aromatic carboxylic acids is 1. The zero-order chi connectivity index (χ0) is 11.4. The van der Waals surface area contributed by atoms with Crippen molar-refractivity contribution in [1.82, 2.24) is 10.1 Å². The first-order valence-corrected chi connectivity index (χ1v) is 5.46.